The van der Waals surface area contributed by atoms with Gasteiger partial charge in [-0.2, -0.15) is 0 Å². The largest absolute Gasteiger partial charge is 0.503 e. The standard InChI is InChI=1S/2C25H25F2N3O6.C15H16N2O6.C11H13F2NO/c2*26-13-1-4-17(18(27)9-13)25(5-7-35-8-6-25)28-23(33)16-11-29-12-19-30(14-2-3-15(10-14)36-19)24(34)20(29)22(32)21(16)31;1-22-13-11-14(19)17-7-2-3-8(4-7)23-10(17)6-16(11)5-9(12(13)18)15(20)21;12-8-1-2-9(10(13)7-8)11(14)3-5-15-6-4-11/h2*1,4,9,11,14-15,19,32H,2-3,5-8,10,12H2,(H,28,33);5,7-8,10H,2-4,6H2,1H3,(H,20,21);1-2,7H,3-6,14H2/t2*14-,15+,19?;7-,8+,10?;/m111./s1. The SMILES string of the molecule is COc1c2n(cc(C(=O)O)c1=O)CC1O[C@H]3CC[C@H](C3)N1C2=O.NC1(c2ccc(F)cc2F)CCOCC1.O=C(NC1(c2ccc(F)cc2F)CCOCC1)c1cn2c(c(O)c1=O)C(=O)N1C(C2)O[C@H]2CC[C@@H]1C2.O=C(NC1(c2ccc(F)cc2F)CCOCC1)c1cn2c(c(O)c1=O)C(=O)N1C(C2)O[C@H]2CC[C@@H]1C2. The highest BCUT2D eigenvalue weighted by atomic mass is 19.2. The lowest BCUT2D eigenvalue weighted by molar-refractivity contribution is -0.132. The fourth-order valence-corrected chi connectivity index (χ4v) is 17.9. The molecule has 0 spiro atoms. The van der Waals surface area contributed by atoms with Crippen LogP contribution in [-0.4, -0.2) is 181 Å². The monoisotopic (exact) mass is 1540 g/mol. The first-order chi connectivity index (χ1) is 52.7. The van der Waals surface area contributed by atoms with E-state index >= 15 is 0 Å². The summed E-state index contributed by atoms with van der Waals surface area (Å²) in [4.78, 5) is 121. The Morgan fingerprint density at radius 2 is 0.809 bits per heavy atom. The molecule has 584 valence electrons. The zero-order valence-corrected chi connectivity index (χ0v) is 59.5. The molecule has 28 nitrogen and oxygen atoms in total. The Bertz CT molecular complexity index is 4720. The molecule has 9 aliphatic heterocycles. The van der Waals surface area contributed by atoms with E-state index in [2.05, 4.69) is 10.6 Å². The number of amides is 5. The molecule has 9 atom stereocenters. The van der Waals surface area contributed by atoms with Gasteiger partial charge < -0.3 is 93.2 Å². The molecule has 34 heteroatoms. The Balaban J connectivity index is 0.000000122. The molecule has 3 unspecified atom stereocenters. The van der Waals surface area contributed by atoms with Gasteiger partial charge in [0.1, 0.15) is 51.6 Å². The number of hydrogen-bond donors (Lipinski definition) is 6. The van der Waals surface area contributed by atoms with Crippen molar-refractivity contribution in [1.82, 2.24) is 39.0 Å². The molecule has 3 aromatic heterocycles. The molecule has 6 bridgehead atoms. The van der Waals surface area contributed by atoms with Crippen molar-refractivity contribution in [3.8, 4) is 17.2 Å². The molecule has 5 amide bonds. The van der Waals surface area contributed by atoms with Gasteiger partial charge in [-0.15, -0.1) is 0 Å². The third-order valence-electron chi connectivity index (χ3n) is 23.4. The van der Waals surface area contributed by atoms with E-state index in [0.29, 0.717) is 38.2 Å². The molecule has 7 N–H and O–H groups in total. The number of carboxylic acids is 1. The van der Waals surface area contributed by atoms with Gasteiger partial charge in [0.05, 0.1) is 56.1 Å². The molecule has 12 heterocycles. The topological polar surface area (TPSA) is 354 Å². The van der Waals surface area contributed by atoms with Gasteiger partial charge in [0.15, 0.2) is 53.0 Å². The molecule has 0 radical (unpaired) electrons. The Morgan fingerprint density at radius 3 is 1.16 bits per heavy atom. The van der Waals surface area contributed by atoms with E-state index in [1.165, 1.54) is 63.7 Å². The Hall–Kier alpha value is -9.97. The number of aromatic nitrogens is 3. The van der Waals surface area contributed by atoms with Crippen LogP contribution in [0.15, 0.2) is 87.6 Å². The number of hydrogen-bond acceptors (Lipinski definition) is 19. The molecule has 110 heavy (non-hydrogen) atoms. The number of aromatic carboxylic acids is 1. The second-order valence-electron chi connectivity index (χ2n) is 29.8. The van der Waals surface area contributed by atoms with E-state index in [1.807, 2.05) is 0 Å². The summed E-state index contributed by atoms with van der Waals surface area (Å²) < 4.78 is 126. The van der Waals surface area contributed by atoms with Crippen molar-refractivity contribution in [1.29, 1.82) is 0 Å². The predicted octanol–water partition coefficient (Wildman–Crippen LogP) is 6.22. The number of carboxylic acid groups (broad SMARTS) is 1. The van der Waals surface area contributed by atoms with Crippen molar-refractivity contribution >= 4 is 35.5 Å². The Morgan fingerprint density at radius 1 is 0.473 bits per heavy atom. The molecule has 3 aromatic carbocycles. The minimum atomic E-state index is -1.34. The average molecular weight is 1540 g/mol. The number of rotatable bonds is 9. The van der Waals surface area contributed by atoms with Gasteiger partial charge in [-0.25, -0.2) is 31.1 Å². The van der Waals surface area contributed by atoms with E-state index in [-0.39, 0.29) is 153 Å². The third kappa shape index (κ3) is 13.6. The van der Waals surface area contributed by atoms with Gasteiger partial charge >= 0.3 is 5.97 Å². The minimum absolute atomic E-state index is 0.00791. The van der Waals surface area contributed by atoms with Crippen LogP contribution in [0.25, 0.3) is 0 Å². The number of aromatic hydroxyl groups is 2. The van der Waals surface area contributed by atoms with Crippen LogP contribution < -0.4 is 37.4 Å². The van der Waals surface area contributed by atoms with Crippen molar-refractivity contribution in [3.63, 3.8) is 0 Å². The zero-order valence-electron chi connectivity index (χ0n) is 59.5. The lowest BCUT2D eigenvalue weighted by atomic mass is 9.82. The summed E-state index contributed by atoms with van der Waals surface area (Å²) in [5.74, 6) is -10.5. The normalized spacial score (nSPS) is 25.9. The molecular weight excluding hydrogens is 1460 g/mol. The number of nitrogens with zero attached hydrogens (tertiary/aromatic N) is 6. The molecule has 12 aliphatic rings. The molecule has 18 rings (SSSR count). The molecule has 9 fully saturated rings. The van der Waals surface area contributed by atoms with Crippen molar-refractivity contribution in [2.45, 2.75) is 188 Å². The van der Waals surface area contributed by atoms with E-state index in [0.717, 1.165) is 88.1 Å². The van der Waals surface area contributed by atoms with Crippen molar-refractivity contribution in [2.75, 3.05) is 46.8 Å². The van der Waals surface area contributed by atoms with Crippen LogP contribution in [0.2, 0.25) is 0 Å². The van der Waals surface area contributed by atoms with Crippen LogP contribution in [0, 0.1) is 34.9 Å². The highest BCUT2D eigenvalue weighted by Gasteiger charge is 2.52. The first-order valence-corrected chi connectivity index (χ1v) is 36.6. The predicted molar refractivity (Wildman–Crippen MR) is 370 cm³/mol. The lowest BCUT2D eigenvalue weighted by Crippen LogP contribution is -2.57. The van der Waals surface area contributed by atoms with Crippen molar-refractivity contribution in [2.24, 2.45) is 5.73 Å². The molecule has 6 saturated heterocycles. The summed E-state index contributed by atoms with van der Waals surface area (Å²) in [5.41, 5.74) is -0.744. The average Bonchev–Trinajstić information content (AvgIpc) is 1.34. The maximum absolute atomic E-state index is 14.8. The number of benzene rings is 3. The van der Waals surface area contributed by atoms with Gasteiger partial charge in [-0.3, -0.25) is 38.4 Å². The first-order valence-electron chi connectivity index (χ1n) is 36.6. The van der Waals surface area contributed by atoms with Gasteiger partial charge in [-0.1, -0.05) is 18.2 Å². The zero-order chi connectivity index (χ0) is 77.6. The van der Waals surface area contributed by atoms with Crippen LogP contribution in [0.3, 0.4) is 0 Å². The number of fused-ring (bicyclic) bond motifs is 15. The summed E-state index contributed by atoms with van der Waals surface area (Å²) in [6.07, 6.45) is 11.7. The van der Waals surface area contributed by atoms with Gasteiger partial charge in [0.2, 0.25) is 16.3 Å². The van der Waals surface area contributed by atoms with Crippen LogP contribution in [0.5, 0.6) is 17.2 Å². The summed E-state index contributed by atoms with van der Waals surface area (Å²) in [7, 11) is 1.26. The number of carbonyl (C=O) groups is 6. The molecular formula is C76H79F6N9O19. The van der Waals surface area contributed by atoms with Crippen LogP contribution in [-0.2, 0) is 64.7 Å². The highest BCUT2D eigenvalue weighted by Crippen LogP contribution is 2.44. The fraction of sp³-hybridized carbons (Fsp3) is 0.487. The van der Waals surface area contributed by atoms with Gasteiger partial charge in [0.25, 0.3) is 29.5 Å². The van der Waals surface area contributed by atoms with Crippen LogP contribution in [0.4, 0.5) is 26.3 Å². The van der Waals surface area contributed by atoms with E-state index in [4.69, 9.17) is 38.9 Å². The highest BCUT2D eigenvalue weighted by molar-refractivity contribution is 6.01. The number of nitrogens with one attached hydrogen (secondary N) is 2. The summed E-state index contributed by atoms with van der Waals surface area (Å²) >= 11 is 0. The smallest absolute Gasteiger partial charge is 0.341 e. The molecule has 3 saturated carbocycles. The van der Waals surface area contributed by atoms with Crippen molar-refractivity contribution < 1.29 is 104 Å². The number of methoxy groups -OCH3 is 1. The number of ether oxygens (including phenoxy) is 7. The van der Waals surface area contributed by atoms with Gasteiger partial charge in [0, 0.05) is 117 Å². The summed E-state index contributed by atoms with van der Waals surface area (Å²) in [5, 5.41) is 36.2. The lowest BCUT2D eigenvalue weighted by Gasteiger charge is -2.44. The van der Waals surface area contributed by atoms with E-state index in [1.54, 1.807) is 14.7 Å². The number of pyridine rings is 3. The van der Waals surface area contributed by atoms with Crippen molar-refractivity contribution in [3.05, 3.63) is 189 Å². The van der Waals surface area contributed by atoms with Crippen LogP contribution >= 0.6 is 0 Å². The Kier molecular flexibility index (Phi) is 20.4. The van der Waals surface area contributed by atoms with E-state index in [9.17, 15) is 84.8 Å². The second-order valence-corrected chi connectivity index (χ2v) is 29.8. The maximum atomic E-state index is 14.8. The molecule has 3 aliphatic carbocycles. The Labute approximate surface area is 622 Å². The maximum Gasteiger partial charge on any atom is 0.341 e. The number of carbonyl (C=O) groups excluding carboxylic acids is 5. The fourth-order valence-electron chi connectivity index (χ4n) is 17.9. The number of halogens is 6. The van der Waals surface area contributed by atoms with Gasteiger partial charge in [-0.05, 0) is 115 Å². The first kappa shape index (κ1) is 75.4. The van der Waals surface area contributed by atoms with E-state index < -0.39 is 133 Å². The van der Waals surface area contributed by atoms with Crippen LogP contribution in [0.1, 0.15) is 176 Å². The second kappa shape index (κ2) is 29.7. The number of nitrogens with two attached hydrogens (primary N) is 1. The minimum Gasteiger partial charge on any atom is -0.503 e. The summed E-state index contributed by atoms with van der Waals surface area (Å²) in [6.45, 7) is 2.54. The summed E-state index contributed by atoms with van der Waals surface area (Å²) in [6, 6.07) is 9.88. The molecule has 6 aromatic rings. The quantitative estimate of drug-likeness (QED) is 0.0875. The third-order valence-corrected chi connectivity index (χ3v) is 23.4.